The van der Waals surface area contributed by atoms with E-state index in [-0.39, 0.29) is 19.9 Å². The molecule has 29 heavy (non-hydrogen) atoms. The third-order valence-corrected chi connectivity index (χ3v) is 4.87. The summed E-state index contributed by atoms with van der Waals surface area (Å²) in [6, 6.07) is 9.71. The van der Waals surface area contributed by atoms with Gasteiger partial charge >= 0.3 is 6.03 Å². The van der Waals surface area contributed by atoms with Crippen molar-refractivity contribution in [3.8, 4) is 17.2 Å². The molecule has 4 rings (SSSR count). The van der Waals surface area contributed by atoms with Crippen LogP contribution in [0.1, 0.15) is 12.5 Å². The third-order valence-electron chi connectivity index (χ3n) is 4.87. The minimum atomic E-state index is -1.30. The summed E-state index contributed by atoms with van der Waals surface area (Å²) in [6.45, 7) is 1.28. The van der Waals surface area contributed by atoms with Crippen LogP contribution in [0.2, 0.25) is 0 Å². The summed E-state index contributed by atoms with van der Waals surface area (Å²) in [5.74, 6) is 0.534. The van der Waals surface area contributed by atoms with E-state index in [2.05, 4.69) is 5.32 Å². The van der Waals surface area contributed by atoms with Gasteiger partial charge in [0, 0.05) is 0 Å². The fourth-order valence-corrected chi connectivity index (χ4v) is 3.25. The maximum atomic E-state index is 13.0. The van der Waals surface area contributed by atoms with Crippen LogP contribution >= 0.6 is 0 Å². The van der Waals surface area contributed by atoms with Crippen LogP contribution in [0.25, 0.3) is 0 Å². The number of carbonyl (C=O) groups is 2. The lowest BCUT2D eigenvalue weighted by Crippen LogP contribution is -2.42. The van der Waals surface area contributed by atoms with E-state index in [9.17, 15) is 19.1 Å². The van der Waals surface area contributed by atoms with E-state index in [1.807, 2.05) is 0 Å². The molecule has 2 unspecified atom stereocenters. The molecule has 2 N–H and O–H groups in total. The van der Waals surface area contributed by atoms with Crippen LogP contribution in [0.3, 0.4) is 0 Å². The number of benzene rings is 2. The predicted molar refractivity (Wildman–Crippen MR) is 98.1 cm³/mol. The number of aliphatic hydroxyl groups is 1. The molecule has 152 valence electrons. The Balaban J connectivity index is 1.43. The highest BCUT2D eigenvalue weighted by Gasteiger charge is 2.49. The number of fused-ring (bicyclic) bond motifs is 1. The fourth-order valence-electron chi connectivity index (χ4n) is 3.25. The molecule has 2 heterocycles. The first-order valence-corrected chi connectivity index (χ1v) is 8.97. The van der Waals surface area contributed by atoms with E-state index in [0.29, 0.717) is 22.8 Å². The smallest absolute Gasteiger partial charge is 0.325 e. The number of β-amino-alcohol motifs (C(OH)–C–C–N with tert-alkyl or cyclic N) is 1. The van der Waals surface area contributed by atoms with Gasteiger partial charge in [-0.05, 0) is 48.9 Å². The molecule has 8 nitrogen and oxygen atoms in total. The van der Waals surface area contributed by atoms with Gasteiger partial charge in [0.2, 0.25) is 6.79 Å². The van der Waals surface area contributed by atoms with Crippen molar-refractivity contribution in [2.24, 2.45) is 0 Å². The van der Waals surface area contributed by atoms with Crippen LogP contribution in [0, 0.1) is 5.82 Å². The summed E-state index contributed by atoms with van der Waals surface area (Å²) < 4.78 is 28.9. The molecule has 2 aromatic carbocycles. The quantitative estimate of drug-likeness (QED) is 0.715. The molecular weight excluding hydrogens is 383 g/mol. The van der Waals surface area contributed by atoms with Crippen LogP contribution in [0.15, 0.2) is 42.5 Å². The average Bonchev–Trinajstić information content (AvgIpc) is 3.26. The topological polar surface area (TPSA) is 97.3 Å². The van der Waals surface area contributed by atoms with Gasteiger partial charge in [0.05, 0.1) is 6.54 Å². The van der Waals surface area contributed by atoms with E-state index >= 15 is 0 Å². The minimum absolute atomic E-state index is 0.0994. The van der Waals surface area contributed by atoms with Gasteiger partial charge in [-0.3, -0.25) is 9.69 Å². The number of ether oxygens (including phenoxy) is 3. The van der Waals surface area contributed by atoms with Gasteiger partial charge in [-0.1, -0.05) is 6.07 Å². The molecule has 1 saturated heterocycles. The van der Waals surface area contributed by atoms with Gasteiger partial charge in [-0.25, -0.2) is 9.18 Å². The van der Waals surface area contributed by atoms with Crippen LogP contribution in [0.5, 0.6) is 17.2 Å². The standard InChI is InChI=1S/C20H19FN2O6/c1-20(12-2-7-16-17(8-12)29-11-28-16)18(25)23(19(26)22-20)9-14(24)10-27-15-5-3-13(21)4-6-15/h2-8,14,24H,9-11H2,1H3,(H,22,26). The number of aliphatic hydroxyl groups excluding tert-OH is 1. The Morgan fingerprint density at radius 3 is 2.69 bits per heavy atom. The molecule has 2 aliphatic rings. The summed E-state index contributed by atoms with van der Waals surface area (Å²) in [7, 11) is 0. The van der Waals surface area contributed by atoms with E-state index in [1.54, 1.807) is 25.1 Å². The Labute approximate surface area is 165 Å². The van der Waals surface area contributed by atoms with Crippen molar-refractivity contribution in [1.29, 1.82) is 0 Å². The summed E-state index contributed by atoms with van der Waals surface area (Å²) in [5.41, 5.74) is -0.755. The second-order valence-electron chi connectivity index (χ2n) is 6.96. The largest absolute Gasteiger partial charge is 0.491 e. The Hall–Kier alpha value is -3.33. The number of carbonyl (C=O) groups excluding carboxylic acids is 2. The lowest BCUT2D eigenvalue weighted by molar-refractivity contribution is -0.132. The van der Waals surface area contributed by atoms with Crippen LogP contribution in [-0.2, 0) is 10.3 Å². The van der Waals surface area contributed by atoms with Crippen molar-refractivity contribution < 1.29 is 33.3 Å². The molecule has 3 amide bonds. The predicted octanol–water partition coefficient (Wildman–Crippen LogP) is 1.76. The molecule has 0 saturated carbocycles. The molecule has 2 aromatic rings. The van der Waals surface area contributed by atoms with Crippen molar-refractivity contribution in [2.75, 3.05) is 19.9 Å². The van der Waals surface area contributed by atoms with Crippen molar-refractivity contribution in [3.63, 3.8) is 0 Å². The van der Waals surface area contributed by atoms with Crippen LogP contribution in [-0.4, -0.2) is 48.0 Å². The van der Waals surface area contributed by atoms with Gasteiger partial charge in [-0.2, -0.15) is 0 Å². The van der Waals surface area contributed by atoms with Gasteiger partial charge in [0.1, 0.15) is 29.8 Å². The molecule has 1 fully saturated rings. The maximum Gasteiger partial charge on any atom is 0.325 e. The summed E-state index contributed by atoms with van der Waals surface area (Å²) in [6.07, 6.45) is -1.12. The number of amides is 3. The number of nitrogens with one attached hydrogen (secondary N) is 1. The second kappa shape index (κ2) is 7.25. The Morgan fingerprint density at radius 1 is 1.21 bits per heavy atom. The van der Waals surface area contributed by atoms with Crippen molar-refractivity contribution in [3.05, 3.63) is 53.8 Å². The second-order valence-corrected chi connectivity index (χ2v) is 6.96. The van der Waals surface area contributed by atoms with E-state index in [1.165, 1.54) is 24.3 Å². The summed E-state index contributed by atoms with van der Waals surface area (Å²) >= 11 is 0. The number of hydrogen-bond acceptors (Lipinski definition) is 6. The fraction of sp³-hybridized carbons (Fsp3) is 0.300. The molecule has 9 heteroatoms. The normalized spacial score (nSPS) is 21.3. The first-order chi connectivity index (χ1) is 13.9. The highest BCUT2D eigenvalue weighted by Crippen LogP contribution is 2.37. The zero-order valence-corrected chi connectivity index (χ0v) is 15.6. The van der Waals surface area contributed by atoms with Crippen molar-refractivity contribution in [2.45, 2.75) is 18.6 Å². The van der Waals surface area contributed by atoms with Crippen LogP contribution in [0.4, 0.5) is 9.18 Å². The highest BCUT2D eigenvalue weighted by atomic mass is 19.1. The minimum Gasteiger partial charge on any atom is -0.491 e. The molecule has 0 aliphatic carbocycles. The highest BCUT2D eigenvalue weighted by molar-refractivity contribution is 6.07. The molecular formula is C20H19FN2O6. The molecule has 0 bridgehead atoms. The van der Waals surface area contributed by atoms with Crippen LogP contribution < -0.4 is 19.5 Å². The number of nitrogens with zero attached hydrogens (tertiary/aromatic N) is 1. The van der Waals surface area contributed by atoms with Gasteiger partial charge in [0.25, 0.3) is 5.91 Å². The summed E-state index contributed by atoms with van der Waals surface area (Å²) in [4.78, 5) is 26.3. The Morgan fingerprint density at radius 2 is 1.93 bits per heavy atom. The zero-order chi connectivity index (χ0) is 20.6. The number of hydrogen-bond donors (Lipinski definition) is 2. The third kappa shape index (κ3) is 3.56. The number of imide groups is 1. The first-order valence-electron chi connectivity index (χ1n) is 8.97. The monoisotopic (exact) mass is 402 g/mol. The zero-order valence-electron chi connectivity index (χ0n) is 15.6. The van der Waals surface area contributed by atoms with Gasteiger partial charge in [-0.15, -0.1) is 0 Å². The lowest BCUT2D eigenvalue weighted by atomic mass is 9.91. The molecule has 0 radical (unpaired) electrons. The van der Waals surface area contributed by atoms with E-state index < -0.39 is 29.4 Å². The maximum absolute atomic E-state index is 13.0. The van der Waals surface area contributed by atoms with E-state index in [4.69, 9.17) is 14.2 Å². The van der Waals surface area contributed by atoms with Gasteiger partial charge in [0.15, 0.2) is 11.5 Å². The number of urea groups is 1. The van der Waals surface area contributed by atoms with E-state index in [0.717, 1.165) is 4.90 Å². The Bertz CT molecular complexity index is 950. The average molecular weight is 402 g/mol. The van der Waals surface area contributed by atoms with Gasteiger partial charge < -0.3 is 24.6 Å². The molecule has 2 atom stereocenters. The van der Waals surface area contributed by atoms with Crippen molar-refractivity contribution in [1.82, 2.24) is 10.2 Å². The lowest BCUT2D eigenvalue weighted by Gasteiger charge is -2.23. The van der Waals surface area contributed by atoms with Crippen molar-refractivity contribution >= 4 is 11.9 Å². The molecule has 0 aromatic heterocycles. The number of halogens is 1. The SMILES string of the molecule is CC1(c2ccc3c(c2)OCO3)NC(=O)N(CC(O)COc2ccc(F)cc2)C1=O. The summed E-state index contributed by atoms with van der Waals surface area (Å²) in [5, 5.41) is 12.9. The molecule has 2 aliphatic heterocycles. The number of rotatable bonds is 6. The Kier molecular flexibility index (Phi) is 4.75. The molecule has 0 spiro atoms. The first kappa shape index (κ1) is 19.0.